The van der Waals surface area contributed by atoms with Gasteiger partial charge in [0.25, 0.3) is 17.1 Å². The Morgan fingerprint density at radius 3 is 1.81 bits per heavy atom. The second-order valence-electron chi connectivity index (χ2n) is 8.91. The number of anilines is 1. The maximum atomic E-state index is 11.2. The van der Waals surface area contributed by atoms with Crippen molar-refractivity contribution in [3.8, 4) is 0 Å². The van der Waals surface area contributed by atoms with E-state index in [9.17, 15) is 30.3 Å². The highest BCUT2D eigenvalue weighted by atomic mass is 16.6. The van der Waals surface area contributed by atoms with Crippen LogP contribution in [0.3, 0.4) is 0 Å². The Morgan fingerprint density at radius 1 is 0.757 bits per heavy atom. The summed E-state index contributed by atoms with van der Waals surface area (Å²) in [6.45, 7) is 0. The second-order valence-corrected chi connectivity index (χ2v) is 8.91. The van der Waals surface area contributed by atoms with Gasteiger partial charge in [0.1, 0.15) is 0 Å². The zero-order valence-electron chi connectivity index (χ0n) is 19.5. The number of rotatable bonds is 6. The van der Waals surface area contributed by atoms with Crippen molar-refractivity contribution in [2.24, 2.45) is 11.0 Å². The average molecular weight is 499 g/mol. The quantitative estimate of drug-likeness (QED) is 0.289. The van der Waals surface area contributed by atoms with Gasteiger partial charge in [0.2, 0.25) is 0 Å². The van der Waals surface area contributed by atoms with Gasteiger partial charge in [0.05, 0.1) is 32.2 Å². The van der Waals surface area contributed by atoms with E-state index >= 15 is 0 Å². The first-order chi connectivity index (χ1) is 17.8. The summed E-state index contributed by atoms with van der Waals surface area (Å²) in [7, 11) is 0. The summed E-state index contributed by atoms with van der Waals surface area (Å²) in [5.41, 5.74) is 4.22. The number of non-ortho nitro benzene ring substituents is 3. The van der Waals surface area contributed by atoms with Crippen LogP contribution in [0.25, 0.3) is 6.08 Å². The number of nitrogens with zero attached hydrogens (tertiary/aromatic N) is 5. The van der Waals surface area contributed by atoms with Crippen LogP contribution in [-0.2, 0) is 0 Å². The van der Waals surface area contributed by atoms with Crippen molar-refractivity contribution in [3.05, 3.63) is 120 Å². The molecular weight excluding hydrogens is 478 g/mol. The van der Waals surface area contributed by atoms with Crippen LogP contribution in [0.1, 0.15) is 36.4 Å². The number of hydrazone groups is 1. The van der Waals surface area contributed by atoms with Gasteiger partial charge in [-0.3, -0.25) is 35.4 Å². The van der Waals surface area contributed by atoms with Crippen molar-refractivity contribution >= 4 is 34.5 Å². The Labute approximate surface area is 210 Å². The molecule has 5 rings (SSSR count). The summed E-state index contributed by atoms with van der Waals surface area (Å²) in [4.78, 5) is 32.0. The zero-order valence-corrected chi connectivity index (χ0v) is 19.5. The largest absolute Gasteiger partial charge is 0.269 e. The van der Waals surface area contributed by atoms with E-state index in [0.29, 0.717) is 5.69 Å². The molecular formula is C26H21N5O6. The fourth-order valence-corrected chi connectivity index (χ4v) is 4.96. The number of benzene rings is 3. The van der Waals surface area contributed by atoms with E-state index in [4.69, 9.17) is 5.10 Å². The molecule has 37 heavy (non-hydrogen) atoms. The summed E-state index contributed by atoms with van der Waals surface area (Å²) >= 11 is 0. The Kier molecular flexibility index (Phi) is 6.18. The van der Waals surface area contributed by atoms with Crippen LogP contribution in [0.2, 0.25) is 0 Å². The maximum Gasteiger partial charge on any atom is 0.269 e. The van der Waals surface area contributed by atoms with Crippen molar-refractivity contribution in [1.29, 1.82) is 0 Å². The van der Waals surface area contributed by atoms with E-state index in [1.807, 2.05) is 11.1 Å². The monoisotopic (exact) mass is 499 g/mol. The zero-order chi connectivity index (χ0) is 26.1. The summed E-state index contributed by atoms with van der Waals surface area (Å²) in [5.74, 6) is -0.00491. The number of hydrogen-bond acceptors (Lipinski definition) is 8. The Balaban J connectivity index is 1.56. The molecule has 0 saturated heterocycles. The molecule has 0 radical (unpaired) electrons. The van der Waals surface area contributed by atoms with E-state index in [2.05, 4.69) is 0 Å². The van der Waals surface area contributed by atoms with Crippen molar-refractivity contribution in [1.82, 2.24) is 0 Å². The predicted octanol–water partition coefficient (Wildman–Crippen LogP) is 6.21. The van der Waals surface area contributed by atoms with E-state index in [1.54, 1.807) is 36.4 Å². The molecule has 1 aliphatic carbocycles. The van der Waals surface area contributed by atoms with Crippen LogP contribution in [0.15, 0.2) is 83.5 Å². The van der Waals surface area contributed by atoms with Gasteiger partial charge in [-0.05, 0) is 66.3 Å². The molecule has 186 valence electrons. The Hall–Kier alpha value is -4.93. The van der Waals surface area contributed by atoms with Gasteiger partial charge in [0, 0.05) is 42.3 Å². The first kappa shape index (κ1) is 23.8. The van der Waals surface area contributed by atoms with Crippen LogP contribution >= 0.6 is 0 Å². The van der Waals surface area contributed by atoms with Crippen LogP contribution in [-0.4, -0.2) is 20.5 Å². The van der Waals surface area contributed by atoms with Crippen LogP contribution in [0.5, 0.6) is 0 Å². The number of allylic oxidation sites excluding steroid dienone is 1. The number of nitro benzene ring substituents is 3. The lowest BCUT2D eigenvalue weighted by molar-refractivity contribution is -0.385. The van der Waals surface area contributed by atoms with E-state index in [1.165, 1.54) is 36.4 Å². The van der Waals surface area contributed by atoms with Gasteiger partial charge >= 0.3 is 0 Å². The Bertz CT molecular complexity index is 1430. The molecule has 0 aromatic heterocycles. The molecule has 11 nitrogen and oxygen atoms in total. The summed E-state index contributed by atoms with van der Waals surface area (Å²) in [6, 6.07) is 18.6. The molecule has 1 aliphatic heterocycles. The molecule has 0 amide bonds. The van der Waals surface area contributed by atoms with Gasteiger partial charge in [-0.15, -0.1) is 0 Å². The van der Waals surface area contributed by atoms with E-state index in [-0.39, 0.29) is 29.0 Å². The lowest BCUT2D eigenvalue weighted by Gasteiger charge is -2.30. The molecule has 3 aromatic carbocycles. The molecule has 0 spiro atoms. The molecule has 2 atom stereocenters. The first-order valence-electron chi connectivity index (χ1n) is 11.6. The van der Waals surface area contributed by atoms with Crippen molar-refractivity contribution < 1.29 is 14.8 Å². The molecule has 3 aromatic rings. The van der Waals surface area contributed by atoms with Crippen LogP contribution in [0.4, 0.5) is 22.7 Å². The van der Waals surface area contributed by atoms with Crippen molar-refractivity contribution in [2.75, 3.05) is 5.01 Å². The number of hydrogen-bond donors (Lipinski definition) is 0. The molecule has 11 heteroatoms. The fraction of sp³-hybridized carbons (Fsp3) is 0.192. The summed E-state index contributed by atoms with van der Waals surface area (Å²) in [5, 5.41) is 40.1. The first-order valence-corrected chi connectivity index (χ1v) is 11.6. The highest BCUT2D eigenvalue weighted by molar-refractivity contribution is 6.08. The predicted molar refractivity (Wildman–Crippen MR) is 137 cm³/mol. The van der Waals surface area contributed by atoms with Gasteiger partial charge in [0.15, 0.2) is 0 Å². The molecule has 0 unspecified atom stereocenters. The lowest BCUT2D eigenvalue weighted by atomic mass is 9.77. The minimum Gasteiger partial charge on any atom is -0.258 e. The average Bonchev–Trinajstić information content (AvgIpc) is 3.30. The SMILES string of the molecule is O=[N+]([O-])c1ccc(/C=C2/CCC[C@@H]3C2=NN(c2ccc([N+](=O)[O-])cc2)[C@@H]3c2ccc([N+](=O)[O-])cc2)cc1. The summed E-state index contributed by atoms with van der Waals surface area (Å²) in [6.07, 6.45) is 4.52. The third-order valence-corrected chi connectivity index (χ3v) is 6.72. The fourth-order valence-electron chi connectivity index (χ4n) is 4.96. The molecule has 0 N–H and O–H groups in total. The molecule has 1 saturated carbocycles. The standard InChI is InChI=1S/C26H21N5O6/c32-29(33)21-8-4-17(5-9-21)16-19-2-1-3-24-25(19)27-28(20-12-14-23(15-13-20)31(36)37)26(24)18-6-10-22(11-7-18)30(34)35/h4-16,24,26H,1-3H2/b19-16-/t24-,26-/m1/s1. The summed E-state index contributed by atoms with van der Waals surface area (Å²) < 4.78 is 0. The van der Waals surface area contributed by atoms with Crippen LogP contribution < -0.4 is 5.01 Å². The third-order valence-electron chi connectivity index (χ3n) is 6.72. The van der Waals surface area contributed by atoms with Gasteiger partial charge in [-0.25, -0.2) is 0 Å². The molecule has 0 bridgehead atoms. The lowest BCUT2D eigenvalue weighted by Crippen LogP contribution is -2.28. The highest BCUT2D eigenvalue weighted by Gasteiger charge is 2.42. The smallest absolute Gasteiger partial charge is 0.258 e. The minimum absolute atomic E-state index is 0.00491. The number of nitro groups is 3. The topological polar surface area (TPSA) is 145 Å². The van der Waals surface area contributed by atoms with Crippen LogP contribution in [0, 0.1) is 36.3 Å². The molecule has 1 fully saturated rings. The van der Waals surface area contributed by atoms with E-state index < -0.39 is 14.8 Å². The maximum absolute atomic E-state index is 11.2. The third kappa shape index (κ3) is 4.66. The molecule has 2 aliphatic rings. The normalized spacial score (nSPS) is 19.8. The minimum atomic E-state index is -0.460. The van der Waals surface area contributed by atoms with Crippen molar-refractivity contribution in [2.45, 2.75) is 25.3 Å². The second kappa shape index (κ2) is 9.61. The molecule has 1 heterocycles. The van der Waals surface area contributed by atoms with Gasteiger partial charge < -0.3 is 0 Å². The number of fused-ring (bicyclic) bond motifs is 1. The van der Waals surface area contributed by atoms with Crippen molar-refractivity contribution in [3.63, 3.8) is 0 Å². The van der Waals surface area contributed by atoms with Gasteiger partial charge in [-0.1, -0.05) is 12.1 Å². The van der Waals surface area contributed by atoms with Gasteiger partial charge in [-0.2, -0.15) is 5.10 Å². The highest BCUT2D eigenvalue weighted by Crippen LogP contribution is 2.46. The Morgan fingerprint density at radius 2 is 1.27 bits per heavy atom. The van der Waals surface area contributed by atoms with E-state index in [0.717, 1.165) is 41.7 Å².